The Balaban J connectivity index is 1.81. The van der Waals surface area contributed by atoms with Crippen LogP contribution in [0.2, 0.25) is 0 Å². The zero-order valence-corrected chi connectivity index (χ0v) is 14.5. The van der Waals surface area contributed by atoms with Crippen LogP contribution in [0.1, 0.15) is 17.2 Å². The molecule has 3 aromatic rings. The van der Waals surface area contributed by atoms with Crippen LogP contribution < -0.4 is 10.5 Å². The Kier molecular flexibility index (Phi) is 3.96. The molecule has 1 aliphatic rings. The molecule has 0 bridgehead atoms. The maximum atomic E-state index is 14.1. The van der Waals surface area contributed by atoms with E-state index in [0.29, 0.717) is 18.2 Å². The van der Waals surface area contributed by atoms with Crippen LogP contribution in [0.3, 0.4) is 0 Å². The molecule has 2 atom stereocenters. The van der Waals surface area contributed by atoms with Gasteiger partial charge < -0.3 is 10.5 Å². The summed E-state index contributed by atoms with van der Waals surface area (Å²) in [5.41, 5.74) is 7.04. The average Bonchev–Trinajstić information content (AvgIpc) is 2.58. The Morgan fingerprint density at radius 3 is 2.48 bits per heavy atom. The van der Waals surface area contributed by atoms with Crippen LogP contribution in [0.25, 0.3) is 10.8 Å². The number of fused-ring (bicyclic) bond motifs is 3. The van der Waals surface area contributed by atoms with Crippen molar-refractivity contribution in [1.82, 2.24) is 0 Å². The minimum atomic E-state index is -1.23. The first-order chi connectivity index (χ1) is 11.9. The third kappa shape index (κ3) is 2.79. The lowest BCUT2D eigenvalue weighted by Crippen LogP contribution is -2.38. The van der Waals surface area contributed by atoms with E-state index in [1.165, 1.54) is 0 Å². The van der Waals surface area contributed by atoms with Gasteiger partial charge in [0, 0.05) is 21.7 Å². The largest absolute Gasteiger partial charge is 0.484 e. The fourth-order valence-electron chi connectivity index (χ4n) is 3.27. The van der Waals surface area contributed by atoms with Crippen LogP contribution in [0.15, 0.2) is 46.9 Å². The second kappa shape index (κ2) is 6.04. The first-order valence-electron chi connectivity index (χ1n) is 7.72. The molecule has 2 nitrogen and oxygen atoms in total. The number of hydrogen-bond acceptors (Lipinski definition) is 2. The van der Waals surface area contributed by atoms with E-state index < -0.39 is 29.6 Å². The minimum Gasteiger partial charge on any atom is -0.484 e. The average molecular weight is 408 g/mol. The van der Waals surface area contributed by atoms with Gasteiger partial charge in [0.05, 0.1) is 6.04 Å². The summed E-state index contributed by atoms with van der Waals surface area (Å²) < 4.78 is 47.7. The summed E-state index contributed by atoms with van der Waals surface area (Å²) in [6, 6.07) is 10.3. The molecule has 4 rings (SSSR count). The topological polar surface area (TPSA) is 35.2 Å². The molecule has 0 amide bonds. The molecule has 6 heteroatoms. The van der Waals surface area contributed by atoms with Crippen LogP contribution in [-0.2, 0) is 6.42 Å². The molecule has 1 heterocycles. The van der Waals surface area contributed by atoms with Crippen molar-refractivity contribution < 1.29 is 17.9 Å². The monoisotopic (exact) mass is 407 g/mol. The molecule has 128 valence electrons. The van der Waals surface area contributed by atoms with Crippen molar-refractivity contribution in [2.24, 2.45) is 5.73 Å². The van der Waals surface area contributed by atoms with Gasteiger partial charge in [0.15, 0.2) is 11.6 Å². The van der Waals surface area contributed by atoms with Gasteiger partial charge in [-0.05, 0) is 41.5 Å². The van der Waals surface area contributed by atoms with E-state index in [-0.39, 0.29) is 5.56 Å². The van der Waals surface area contributed by atoms with E-state index in [0.717, 1.165) is 26.9 Å². The minimum absolute atomic E-state index is 0.0774. The maximum Gasteiger partial charge on any atom is 0.161 e. The molecule has 0 unspecified atom stereocenters. The highest BCUT2D eigenvalue weighted by molar-refractivity contribution is 9.10. The van der Waals surface area contributed by atoms with Crippen molar-refractivity contribution in [2.75, 3.05) is 0 Å². The van der Waals surface area contributed by atoms with Gasteiger partial charge in [-0.2, -0.15) is 0 Å². The van der Waals surface area contributed by atoms with E-state index in [1.54, 1.807) is 6.07 Å². The van der Waals surface area contributed by atoms with Crippen LogP contribution in [0.5, 0.6) is 5.75 Å². The summed E-state index contributed by atoms with van der Waals surface area (Å²) in [4.78, 5) is 0. The van der Waals surface area contributed by atoms with Gasteiger partial charge >= 0.3 is 0 Å². The molecule has 0 radical (unpaired) electrons. The normalized spacial score (nSPS) is 19.6. The van der Waals surface area contributed by atoms with Gasteiger partial charge in [0.2, 0.25) is 0 Å². The molecular weight excluding hydrogens is 395 g/mol. The van der Waals surface area contributed by atoms with Crippen molar-refractivity contribution in [3.63, 3.8) is 0 Å². The molecule has 1 aliphatic heterocycles. The molecule has 0 fully saturated rings. The molecule has 0 saturated heterocycles. The Labute approximate surface area is 150 Å². The summed E-state index contributed by atoms with van der Waals surface area (Å²) in [7, 11) is 0. The highest BCUT2D eigenvalue weighted by Crippen LogP contribution is 2.39. The quantitative estimate of drug-likeness (QED) is 0.574. The Morgan fingerprint density at radius 1 is 0.960 bits per heavy atom. The zero-order chi connectivity index (χ0) is 17.7. The van der Waals surface area contributed by atoms with Crippen molar-refractivity contribution in [2.45, 2.75) is 18.6 Å². The Hall–Kier alpha value is -2.05. The first-order valence-corrected chi connectivity index (χ1v) is 8.51. The second-order valence-corrected chi connectivity index (χ2v) is 7.02. The summed E-state index contributed by atoms with van der Waals surface area (Å²) in [5.74, 6) is -2.66. The van der Waals surface area contributed by atoms with Crippen molar-refractivity contribution in [3.05, 3.63) is 75.5 Å². The summed E-state index contributed by atoms with van der Waals surface area (Å²) >= 11 is 3.45. The molecule has 0 saturated carbocycles. The second-order valence-electron chi connectivity index (χ2n) is 6.10. The van der Waals surface area contributed by atoms with Crippen LogP contribution in [0.4, 0.5) is 13.2 Å². The van der Waals surface area contributed by atoms with Crippen molar-refractivity contribution in [3.8, 4) is 5.75 Å². The van der Waals surface area contributed by atoms with Crippen molar-refractivity contribution in [1.29, 1.82) is 0 Å². The smallest absolute Gasteiger partial charge is 0.161 e. The highest BCUT2D eigenvalue weighted by Gasteiger charge is 2.32. The summed E-state index contributed by atoms with van der Waals surface area (Å²) in [6.07, 6.45) is -0.445. The van der Waals surface area contributed by atoms with Crippen molar-refractivity contribution >= 4 is 26.7 Å². The van der Waals surface area contributed by atoms with E-state index in [9.17, 15) is 13.2 Å². The fourth-order valence-corrected chi connectivity index (χ4v) is 3.63. The van der Waals surface area contributed by atoms with Gasteiger partial charge in [-0.3, -0.25) is 0 Å². The van der Waals surface area contributed by atoms with Crippen LogP contribution >= 0.6 is 15.9 Å². The van der Waals surface area contributed by atoms with Gasteiger partial charge in [0.1, 0.15) is 17.7 Å². The molecule has 3 aromatic carbocycles. The lowest BCUT2D eigenvalue weighted by atomic mass is 9.90. The predicted molar refractivity (Wildman–Crippen MR) is 93.0 cm³/mol. The van der Waals surface area contributed by atoms with Gasteiger partial charge in [-0.25, -0.2) is 13.2 Å². The highest BCUT2D eigenvalue weighted by atomic mass is 79.9. The Bertz CT molecular complexity index is 992. The number of halogens is 4. The predicted octanol–water partition coefficient (Wildman–Crippen LogP) is 5.02. The Morgan fingerprint density at radius 2 is 1.68 bits per heavy atom. The molecule has 0 spiro atoms. The molecule has 2 N–H and O–H groups in total. The lowest BCUT2D eigenvalue weighted by Gasteiger charge is -2.32. The third-order valence-electron chi connectivity index (χ3n) is 4.48. The number of nitrogens with two attached hydrogens (primary N) is 1. The standard InChI is InChI=1S/C19H13BrF3NO/c20-10-3-1-9-2-4-18-12(11(9)5-10)7-17(24)19(25-18)13-6-15(22)16(23)8-14(13)21/h1-6,8,17,19H,7,24H2/t17-,19+/m0/s1. The first kappa shape index (κ1) is 16.4. The molecule has 0 aromatic heterocycles. The van der Waals surface area contributed by atoms with Crippen LogP contribution in [-0.4, -0.2) is 6.04 Å². The number of hydrogen-bond donors (Lipinski definition) is 1. The third-order valence-corrected chi connectivity index (χ3v) is 4.97. The summed E-state index contributed by atoms with van der Waals surface area (Å²) in [6.45, 7) is 0. The summed E-state index contributed by atoms with van der Waals surface area (Å²) in [5, 5.41) is 2.03. The van der Waals surface area contributed by atoms with E-state index in [1.807, 2.05) is 24.3 Å². The van der Waals surface area contributed by atoms with Gasteiger partial charge in [0.25, 0.3) is 0 Å². The molecular formula is C19H13BrF3NO. The number of benzene rings is 3. The van der Waals surface area contributed by atoms with E-state index in [2.05, 4.69) is 15.9 Å². The van der Waals surface area contributed by atoms with E-state index in [4.69, 9.17) is 10.5 Å². The number of ether oxygens (including phenoxy) is 1. The lowest BCUT2D eigenvalue weighted by molar-refractivity contribution is 0.149. The maximum absolute atomic E-state index is 14.1. The van der Waals surface area contributed by atoms with Gasteiger partial charge in [-0.1, -0.05) is 28.1 Å². The molecule has 0 aliphatic carbocycles. The SMILES string of the molecule is N[C@H]1Cc2c(ccc3ccc(Br)cc23)O[C@@H]1c1cc(F)c(F)cc1F. The molecule has 25 heavy (non-hydrogen) atoms. The number of rotatable bonds is 1. The van der Waals surface area contributed by atoms with Crippen LogP contribution in [0, 0.1) is 17.5 Å². The van der Waals surface area contributed by atoms with E-state index >= 15 is 0 Å². The van der Waals surface area contributed by atoms with Gasteiger partial charge in [-0.15, -0.1) is 0 Å². The zero-order valence-electron chi connectivity index (χ0n) is 12.9. The fraction of sp³-hybridized carbons (Fsp3) is 0.158.